The molecule has 0 saturated heterocycles. The Bertz CT molecular complexity index is 312. The number of nitrogens with one attached hydrogen (secondary N) is 1. The summed E-state index contributed by atoms with van der Waals surface area (Å²) in [7, 11) is -3.02. The molecule has 0 aliphatic carbocycles. The zero-order chi connectivity index (χ0) is 12.8. The van der Waals surface area contributed by atoms with Crippen LogP contribution in [0.4, 0.5) is 0 Å². The molecule has 1 unspecified atom stereocenters. The second-order valence-corrected chi connectivity index (χ2v) is 6.74. The number of hydrogen-bond donors (Lipinski definition) is 2. The van der Waals surface area contributed by atoms with Gasteiger partial charge in [0.05, 0.1) is 11.8 Å². The lowest BCUT2D eigenvalue weighted by molar-refractivity contribution is -0.122. The highest BCUT2D eigenvalue weighted by Crippen LogP contribution is 2.02. The monoisotopic (exact) mass is 250 g/mol. The molecule has 0 saturated carbocycles. The van der Waals surface area contributed by atoms with Crippen LogP contribution in [-0.4, -0.2) is 38.4 Å². The van der Waals surface area contributed by atoms with E-state index in [1.807, 2.05) is 13.8 Å². The van der Waals surface area contributed by atoms with Gasteiger partial charge in [-0.3, -0.25) is 4.79 Å². The molecule has 0 radical (unpaired) electrons. The summed E-state index contributed by atoms with van der Waals surface area (Å²) in [6.45, 7) is 5.69. The maximum Gasteiger partial charge on any atom is 0.236 e. The molecular weight excluding hydrogens is 228 g/mol. The van der Waals surface area contributed by atoms with Gasteiger partial charge < -0.3 is 11.1 Å². The maximum atomic E-state index is 11.4. The van der Waals surface area contributed by atoms with Crippen molar-refractivity contribution >= 4 is 15.7 Å². The first-order valence-electron chi connectivity index (χ1n) is 5.52. The van der Waals surface area contributed by atoms with Crippen molar-refractivity contribution in [2.45, 2.75) is 33.2 Å². The lowest BCUT2D eigenvalue weighted by atomic mass is 10.0. The van der Waals surface area contributed by atoms with E-state index in [9.17, 15) is 13.2 Å². The van der Waals surface area contributed by atoms with Gasteiger partial charge >= 0.3 is 0 Å². The largest absolute Gasteiger partial charge is 0.354 e. The summed E-state index contributed by atoms with van der Waals surface area (Å²) in [5.74, 6) is 0.144. The molecule has 16 heavy (non-hydrogen) atoms. The Balaban J connectivity index is 3.90. The summed E-state index contributed by atoms with van der Waals surface area (Å²) < 4.78 is 22.3. The Hall–Kier alpha value is -0.620. The van der Waals surface area contributed by atoms with Crippen LogP contribution in [0.2, 0.25) is 0 Å². The molecule has 1 atom stereocenters. The van der Waals surface area contributed by atoms with Crippen LogP contribution < -0.4 is 11.1 Å². The van der Waals surface area contributed by atoms with Crippen molar-refractivity contribution < 1.29 is 13.2 Å². The van der Waals surface area contributed by atoms with Crippen molar-refractivity contribution in [3.05, 3.63) is 0 Å². The summed E-state index contributed by atoms with van der Waals surface area (Å²) >= 11 is 0. The van der Waals surface area contributed by atoms with E-state index in [1.54, 1.807) is 6.92 Å². The Morgan fingerprint density at radius 3 is 2.38 bits per heavy atom. The number of sulfone groups is 1. The third kappa shape index (κ3) is 6.79. The SMILES string of the molecule is CCS(=O)(=O)CCNC(=O)C(N)CC(C)C. The first kappa shape index (κ1) is 15.4. The highest BCUT2D eigenvalue weighted by molar-refractivity contribution is 7.91. The van der Waals surface area contributed by atoms with Crippen molar-refractivity contribution in [2.24, 2.45) is 11.7 Å². The molecular formula is C10H22N2O3S. The zero-order valence-electron chi connectivity index (χ0n) is 10.2. The van der Waals surface area contributed by atoms with Gasteiger partial charge in [0, 0.05) is 12.3 Å². The van der Waals surface area contributed by atoms with Gasteiger partial charge in [0.25, 0.3) is 0 Å². The topological polar surface area (TPSA) is 89.3 Å². The van der Waals surface area contributed by atoms with E-state index in [-0.39, 0.29) is 24.0 Å². The Morgan fingerprint density at radius 2 is 1.94 bits per heavy atom. The van der Waals surface area contributed by atoms with E-state index < -0.39 is 15.9 Å². The zero-order valence-corrected chi connectivity index (χ0v) is 11.0. The molecule has 96 valence electrons. The minimum atomic E-state index is -3.02. The number of amides is 1. The molecule has 0 aliphatic rings. The van der Waals surface area contributed by atoms with Crippen molar-refractivity contribution in [2.75, 3.05) is 18.1 Å². The number of carbonyl (C=O) groups is 1. The number of carbonyl (C=O) groups excluding carboxylic acids is 1. The third-order valence-electron chi connectivity index (χ3n) is 2.21. The van der Waals surface area contributed by atoms with Crippen LogP contribution in [0.15, 0.2) is 0 Å². The number of rotatable bonds is 7. The first-order chi connectivity index (χ1) is 7.28. The van der Waals surface area contributed by atoms with E-state index in [0.29, 0.717) is 12.3 Å². The first-order valence-corrected chi connectivity index (χ1v) is 7.34. The quantitative estimate of drug-likeness (QED) is 0.661. The summed E-state index contributed by atoms with van der Waals surface area (Å²) in [5.41, 5.74) is 5.64. The molecule has 0 aromatic heterocycles. The molecule has 6 heteroatoms. The summed E-state index contributed by atoms with van der Waals surface area (Å²) in [6.07, 6.45) is 0.604. The van der Waals surface area contributed by atoms with Crippen LogP contribution in [0.25, 0.3) is 0 Å². The molecule has 5 nitrogen and oxygen atoms in total. The van der Waals surface area contributed by atoms with Gasteiger partial charge in [0.2, 0.25) is 5.91 Å². The molecule has 0 spiro atoms. The molecule has 0 fully saturated rings. The molecule has 3 N–H and O–H groups in total. The van der Waals surface area contributed by atoms with Crippen LogP contribution in [0.1, 0.15) is 27.2 Å². The van der Waals surface area contributed by atoms with Crippen molar-refractivity contribution in [3.8, 4) is 0 Å². The van der Waals surface area contributed by atoms with E-state index >= 15 is 0 Å². The average molecular weight is 250 g/mol. The second kappa shape index (κ2) is 6.85. The van der Waals surface area contributed by atoms with E-state index in [2.05, 4.69) is 5.32 Å². The summed E-state index contributed by atoms with van der Waals surface area (Å²) in [5, 5.41) is 2.54. The van der Waals surface area contributed by atoms with Crippen LogP contribution >= 0.6 is 0 Å². The molecule has 0 bridgehead atoms. The Labute approximate surface area is 97.7 Å². The van der Waals surface area contributed by atoms with Crippen molar-refractivity contribution in [1.82, 2.24) is 5.32 Å². The predicted octanol–water partition coefficient (Wildman–Crippen LogP) is -0.0893. The summed E-state index contributed by atoms with van der Waals surface area (Å²) in [6, 6.07) is -0.552. The number of hydrogen-bond acceptors (Lipinski definition) is 4. The smallest absolute Gasteiger partial charge is 0.236 e. The lowest BCUT2D eigenvalue weighted by Crippen LogP contribution is -2.43. The van der Waals surface area contributed by atoms with Gasteiger partial charge in [-0.1, -0.05) is 20.8 Å². The lowest BCUT2D eigenvalue weighted by Gasteiger charge is -2.13. The molecule has 0 aliphatic heterocycles. The third-order valence-corrected chi connectivity index (χ3v) is 3.92. The predicted molar refractivity (Wildman–Crippen MR) is 64.8 cm³/mol. The minimum Gasteiger partial charge on any atom is -0.354 e. The Morgan fingerprint density at radius 1 is 1.38 bits per heavy atom. The fraction of sp³-hybridized carbons (Fsp3) is 0.900. The fourth-order valence-corrected chi connectivity index (χ4v) is 1.92. The van der Waals surface area contributed by atoms with Crippen LogP contribution in [0.5, 0.6) is 0 Å². The standard InChI is InChI=1S/C10H22N2O3S/c1-4-16(14,15)6-5-12-10(13)9(11)7-8(2)3/h8-9H,4-7,11H2,1-3H3,(H,12,13). The maximum absolute atomic E-state index is 11.4. The molecule has 0 heterocycles. The van der Waals surface area contributed by atoms with E-state index in [4.69, 9.17) is 5.73 Å². The molecule has 1 amide bonds. The van der Waals surface area contributed by atoms with Gasteiger partial charge in [-0.15, -0.1) is 0 Å². The van der Waals surface area contributed by atoms with Gasteiger partial charge in [-0.2, -0.15) is 0 Å². The number of nitrogens with two attached hydrogens (primary N) is 1. The fourth-order valence-electron chi connectivity index (χ4n) is 1.22. The second-order valence-electron chi connectivity index (χ2n) is 4.26. The van der Waals surface area contributed by atoms with Crippen molar-refractivity contribution in [3.63, 3.8) is 0 Å². The minimum absolute atomic E-state index is 0.0242. The average Bonchev–Trinajstić information content (AvgIpc) is 2.16. The van der Waals surface area contributed by atoms with Crippen LogP contribution in [0.3, 0.4) is 0 Å². The summed E-state index contributed by atoms with van der Waals surface area (Å²) in [4.78, 5) is 11.4. The van der Waals surface area contributed by atoms with Gasteiger partial charge in [0.15, 0.2) is 9.84 Å². The normalized spacial score (nSPS) is 13.8. The van der Waals surface area contributed by atoms with Crippen molar-refractivity contribution in [1.29, 1.82) is 0 Å². The molecule has 0 aromatic carbocycles. The van der Waals surface area contributed by atoms with Gasteiger partial charge in [-0.05, 0) is 12.3 Å². The van der Waals surface area contributed by atoms with E-state index in [1.165, 1.54) is 0 Å². The molecule has 0 rings (SSSR count). The van der Waals surface area contributed by atoms with E-state index in [0.717, 1.165) is 0 Å². The van der Waals surface area contributed by atoms with Crippen LogP contribution in [-0.2, 0) is 14.6 Å². The Kier molecular flexibility index (Phi) is 6.59. The highest BCUT2D eigenvalue weighted by atomic mass is 32.2. The highest BCUT2D eigenvalue weighted by Gasteiger charge is 2.15. The van der Waals surface area contributed by atoms with Gasteiger partial charge in [-0.25, -0.2) is 8.42 Å². The van der Waals surface area contributed by atoms with Gasteiger partial charge in [0.1, 0.15) is 0 Å². The molecule has 0 aromatic rings. The van der Waals surface area contributed by atoms with Crippen LogP contribution in [0, 0.1) is 5.92 Å².